The van der Waals surface area contributed by atoms with Gasteiger partial charge in [0.2, 0.25) is 5.91 Å². The number of hydrogen-bond donors (Lipinski definition) is 1. The minimum Gasteiger partial charge on any atom is -0.489 e. The van der Waals surface area contributed by atoms with Gasteiger partial charge in [-0.15, -0.1) is 0 Å². The van der Waals surface area contributed by atoms with E-state index >= 15 is 0 Å². The molecule has 0 radical (unpaired) electrons. The summed E-state index contributed by atoms with van der Waals surface area (Å²) < 4.78 is 56.0. The Morgan fingerprint density at radius 3 is 2.56 bits per heavy atom. The SMILES string of the molecule is C=CCOc1ccc(NC(=O)C2(C)COC(C(C)C)OC2)cc1C(F)(F)F. The normalized spacial score (nSPS) is 23.1. The Morgan fingerprint density at radius 1 is 1.41 bits per heavy atom. The van der Waals surface area contributed by atoms with Gasteiger partial charge in [0, 0.05) is 11.6 Å². The lowest BCUT2D eigenvalue weighted by Gasteiger charge is -2.37. The van der Waals surface area contributed by atoms with Crippen LogP contribution in [0.25, 0.3) is 0 Å². The zero-order valence-electron chi connectivity index (χ0n) is 15.6. The Balaban J connectivity index is 2.14. The molecule has 27 heavy (non-hydrogen) atoms. The number of halogens is 3. The minimum atomic E-state index is -4.62. The number of carbonyl (C=O) groups is 1. The van der Waals surface area contributed by atoms with Gasteiger partial charge in [-0.1, -0.05) is 26.5 Å². The number of carbonyl (C=O) groups excluding carboxylic acids is 1. The second-order valence-corrected chi connectivity index (χ2v) is 7.06. The molecule has 150 valence electrons. The molecule has 1 saturated heterocycles. The molecular weight excluding hydrogens is 363 g/mol. The number of nitrogens with one attached hydrogen (secondary N) is 1. The molecule has 0 saturated carbocycles. The van der Waals surface area contributed by atoms with E-state index in [0.717, 1.165) is 6.07 Å². The number of amides is 1. The lowest BCUT2D eigenvalue weighted by atomic mass is 9.90. The van der Waals surface area contributed by atoms with E-state index < -0.39 is 29.4 Å². The van der Waals surface area contributed by atoms with Gasteiger partial charge in [-0.25, -0.2) is 0 Å². The highest BCUT2D eigenvalue weighted by molar-refractivity contribution is 5.95. The zero-order valence-corrected chi connectivity index (χ0v) is 15.6. The van der Waals surface area contributed by atoms with Gasteiger partial charge in [0.25, 0.3) is 0 Å². The van der Waals surface area contributed by atoms with Gasteiger partial charge in [0.05, 0.1) is 24.2 Å². The maximum atomic E-state index is 13.3. The fourth-order valence-electron chi connectivity index (χ4n) is 2.52. The van der Waals surface area contributed by atoms with E-state index in [0.29, 0.717) is 0 Å². The highest BCUT2D eigenvalue weighted by atomic mass is 19.4. The Kier molecular flexibility index (Phi) is 6.54. The van der Waals surface area contributed by atoms with Crippen molar-refractivity contribution in [3.63, 3.8) is 0 Å². The van der Waals surface area contributed by atoms with Crippen molar-refractivity contribution in [1.82, 2.24) is 0 Å². The van der Waals surface area contributed by atoms with Crippen LogP contribution in [-0.4, -0.2) is 32.0 Å². The molecule has 1 aliphatic heterocycles. The highest BCUT2D eigenvalue weighted by Gasteiger charge is 2.40. The smallest absolute Gasteiger partial charge is 0.420 e. The number of alkyl halides is 3. The van der Waals surface area contributed by atoms with Crippen molar-refractivity contribution in [2.45, 2.75) is 33.2 Å². The minimum absolute atomic E-state index is 0.0190. The van der Waals surface area contributed by atoms with Crippen molar-refractivity contribution in [2.75, 3.05) is 25.1 Å². The fraction of sp³-hybridized carbons (Fsp3) is 0.526. The summed E-state index contributed by atoms with van der Waals surface area (Å²) in [5, 5.41) is 2.52. The first-order valence-electron chi connectivity index (χ1n) is 8.56. The molecule has 1 heterocycles. The van der Waals surface area contributed by atoms with Gasteiger partial charge in [-0.2, -0.15) is 13.2 Å². The van der Waals surface area contributed by atoms with Crippen LogP contribution < -0.4 is 10.1 Å². The van der Waals surface area contributed by atoms with Crippen molar-refractivity contribution in [3.05, 3.63) is 36.4 Å². The molecule has 0 spiro atoms. The zero-order chi connectivity index (χ0) is 20.2. The number of hydrogen-bond acceptors (Lipinski definition) is 4. The van der Waals surface area contributed by atoms with E-state index in [-0.39, 0.29) is 37.2 Å². The number of anilines is 1. The Hall–Kier alpha value is -2.06. The van der Waals surface area contributed by atoms with Crippen LogP contribution in [0.4, 0.5) is 18.9 Å². The van der Waals surface area contributed by atoms with Gasteiger partial charge >= 0.3 is 6.18 Å². The average molecular weight is 387 g/mol. The Bertz CT molecular complexity index is 680. The summed E-state index contributed by atoms with van der Waals surface area (Å²) in [5.41, 5.74) is -1.95. The van der Waals surface area contributed by atoms with Gasteiger partial charge < -0.3 is 19.5 Å². The third-order valence-corrected chi connectivity index (χ3v) is 4.12. The molecule has 0 aliphatic carbocycles. The summed E-state index contributed by atoms with van der Waals surface area (Å²) >= 11 is 0. The predicted molar refractivity (Wildman–Crippen MR) is 94.4 cm³/mol. The van der Waals surface area contributed by atoms with Gasteiger partial charge in [0.15, 0.2) is 6.29 Å². The molecule has 1 N–H and O–H groups in total. The second kappa shape index (κ2) is 8.31. The van der Waals surface area contributed by atoms with E-state index in [1.807, 2.05) is 13.8 Å². The topological polar surface area (TPSA) is 56.8 Å². The summed E-state index contributed by atoms with van der Waals surface area (Å²) in [4.78, 5) is 12.6. The molecule has 0 unspecified atom stereocenters. The number of benzene rings is 1. The highest BCUT2D eigenvalue weighted by Crippen LogP contribution is 2.38. The van der Waals surface area contributed by atoms with Crippen LogP contribution in [0, 0.1) is 11.3 Å². The number of rotatable bonds is 6. The maximum Gasteiger partial charge on any atom is 0.420 e. The summed E-state index contributed by atoms with van der Waals surface area (Å²) in [6, 6.07) is 3.38. The van der Waals surface area contributed by atoms with E-state index in [4.69, 9.17) is 14.2 Å². The first-order valence-corrected chi connectivity index (χ1v) is 8.56. The van der Waals surface area contributed by atoms with Crippen molar-refractivity contribution in [3.8, 4) is 5.75 Å². The lowest BCUT2D eigenvalue weighted by molar-refractivity contribution is -0.237. The maximum absolute atomic E-state index is 13.3. The third-order valence-electron chi connectivity index (χ3n) is 4.12. The third kappa shape index (κ3) is 5.23. The molecule has 2 rings (SSSR count). The predicted octanol–water partition coefficient (Wildman–Crippen LogP) is 4.24. The van der Waals surface area contributed by atoms with Gasteiger partial charge in [-0.3, -0.25) is 4.79 Å². The molecule has 0 atom stereocenters. The first kappa shape index (κ1) is 21.2. The average Bonchev–Trinajstić information content (AvgIpc) is 2.60. The molecule has 5 nitrogen and oxygen atoms in total. The summed E-state index contributed by atoms with van der Waals surface area (Å²) in [6.07, 6.45) is -3.67. The Labute approximate surface area is 156 Å². The van der Waals surface area contributed by atoms with Gasteiger partial charge in [-0.05, 0) is 25.1 Å². The molecule has 1 aromatic carbocycles. The van der Waals surface area contributed by atoms with Crippen molar-refractivity contribution < 1.29 is 32.2 Å². The molecular formula is C19H24F3NO4. The summed E-state index contributed by atoms with van der Waals surface area (Å²) in [7, 11) is 0. The molecule has 1 aliphatic rings. The summed E-state index contributed by atoms with van der Waals surface area (Å²) in [6.45, 7) is 9.10. The standard InChI is InChI=1S/C19H24F3NO4/c1-5-8-25-15-7-6-13(9-14(15)19(20,21)22)23-17(24)18(4)10-26-16(12(2)3)27-11-18/h5-7,9,12,16H,1,8,10-11H2,2-4H3,(H,23,24). The van der Waals surface area contributed by atoms with Crippen LogP contribution in [0.2, 0.25) is 0 Å². The Morgan fingerprint density at radius 2 is 2.04 bits per heavy atom. The van der Waals surface area contributed by atoms with Crippen LogP contribution in [-0.2, 0) is 20.4 Å². The molecule has 0 bridgehead atoms. The van der Waals surface area contributed by atoms with Crippen LogP contribution >= 0.6 is 0 Å². The lowest BCUT2D eigenvalue weighted by Crippen LogP contribution is -2.48. The van der Waals surface area contributed by atoms with Crippen LogP contribution in [0.5, 0.6) is 5.75 Å². The van der Waals surface area contributed by atoms with E-state index in [1.165, 1.54) is 18.2 Å². The second-order valence-electron chi connectivity index (χ2n) is 7.06. The van der Waals surface area contributed by atoms with Crippen LogP contribution in [0.1, 0.15) is 26.3 Å². The van der Waals surface area contributed by atoms with Crippen molar-refractivity contribution in [2.24, 2.45) is 11.3 Å². The molecule has 1 amide bonds. The first-order chi connectivity index (χ1) is 12.6. The molecule has 1 aromatic rings. The van der Waals surface area contributed by atoms with E-state index in [2.05, 4.69) is 11.9 Å². The van der Waals surface area contributed by atoms with Crippen molar-refractivity contribution in [1.29, 1.82) is 0 Å². The van der Waals surface area contributed by atoms with Crippen LogP contribution in [0.15, 0.2) is 30.9 Å². The van der Waals surface area contributed by atoms with Crippen molar-refractivity contribution >= 4 is 11.6 Å². The fourth-order valence-corrected chi connectivity index (χ4v) is 2.52. The van der Waals surface area contributed by atoms with E-state index in [9.17, 15) is 18.0 Å². The molecule has 0 aromatic heterocycles. The number of ether oxygens (including phenoxy) is 3. The van der Waals surface area contributed by atoms with Gasteiger partial charge in [0.1, 0.15) is 12.4 Å². The molecule has 1 fully saturated rings. The molecule has 8 heteroatoms. The monoisotopic (exact) mass is 387 g/mol. The van der Waals surface area contributed by atoms with E-state index in [1.54, 1.807) is 6.92 Å². The summed E-state index contributed by atoms with van der Waals surface area (Å²) in [5.74, 6) is -0.664. The largest absolute Gasteiger partial charge is 0.489 e. The van der Waals surface area contributed by atoms with Crippen LogP contribution in [0.3, 0.4) is 0 Å². The quantitative estimate of drug-likeness (QED) is 0.742.